The van der Waals surface area contributed by atoms with Crippen LogP contribution in [0.3, 0.4) is 0 Å². The molecule has 126 valence electrons. The van der Waals surface area contributed by atoms with Gasteiger partial charge < -0.3 is 24.4 Å². The molecule has 3 rings (SSSR count). The highest BCUT2D eigenvalue weighted by molar-refractivity contribution is 6.32. The van der Waals surface area contributed by atoms with Crippen LogP contribution < -0.4 is 19.5 Å². The predicted octanol–water partition coefficient (Wildman–Crippen LogP) is 3.61. The van der Waals surface area contributed by atoms with Gasteiger partial charge in [0, 0.05) is 18.8 Å². The minimum absolute atomic E-state index is 0.200. The second kappa shape index (κ2) is 7.31. The lowest BCUT2D eigenvalue weighted by atomic mass is 10.3. The van der Waals surface area contributed by atoms with Crippen LogP contribution in [0.25, 0.3) is 0 Å². The molecule has 7 heteroatoms. The molecular formula is C17H17ClN2O4. The number of nitrogens with zero attached hydrogens (tertiary/aromatic N) is 1. The van der Waals surface area contributed by atoms with Crippen molar-refractivity contribution in [3.8, 4) is 17.2 Å². The molecule has 1 N–H and O–H groups in total. The van der Waals surface area contributed by atoms with E-state index in [9.17, 15) is 4.79 Å². The topological polar surface area (TPSA) is 60.0 Å². The highest BCUT2D eigenvalue weighted by atomic mass is 35.5. The van der Waals surface area contributed by atoms with Crippen LogP contribution in [0.15, 0.2) is 42.5 Å². The van der Waals surface area contributed by atoms with Crippen molar-refractivity contribution in [3.05, 3.63) is 47.5 Å². The summed E-state index contributed by atoms with van der Waals surface area (Å²) in [4.78, 5) is 13.7. The van der Waals surface area contributed by atoms with Crippen molar-refractivity contribution in [3.63, 3.8) is 0 Å². The average Bonchev–Trinajstić information content (AvgIpc) is 3.04. The Morgan fingerprint density at radius 3 is 2.88 bits per heavy atom. The number of nitrogens with one attached hydrogen (secondary N) is 1. The van der Waals surface area contributed by atoms with Gasteiger partial charge in [0.05, 0.1) is 11.6 Å². The van der Waals surface area contributed by atoms with Crippen molar-refractivity contribution in [2.45, 2.75) is 0 Å². The van der Waals surface area contributed by atoms with Gasteiger partial charge in [0.2, 0.25) is 6.79 Å². The Hall–Kier alpha value is -2.60. The number of amides is 2. The molecule has 0 fully saturated rings. The van der Waals surface area contributed by atoms with Crippen LogP contribution in [0.2, 0.25) is 5.02 Å². The summed E-state index contributed by atoms with van der Waals surface area (Å²) in [6.07, 6.45) is 0. The van der Waals surface area contributed by atoms with Crippen molar-refractivity contribution in [2.75, 3.05) is 32.3 Å². The monoisotopic (exact) mass is 348 g/mol. The number of benzene rings is 2. The third-order valence-electron chi connectivity index (χ3n) is 3.49. The van der Waals surface area contributed by atoms with Crippen LogP contribution in [0.4, 0.5) is 10.5 Å². The third-order valence-corrected chi connectivity index (χ3v) is 3.80. The molecule has 0 unspecified atom stereocenters. The summed E-state index contributed by atoms with van der Waals surface area (Å²) in [6, 6.07) is 12.2. The minimum Gasteiger partial charge on any atom is -0.490 e. The summed E-state index contributed by atoms with van der Waals surface area (Å²) < 4.78 is 16.1. The number of ether oxygens (including phenoxy) is 3. The van der Waals surface area contributed by atoms with Gasteiger partial charge in [0.1, 0.15) is 12.4 Å². The van der Waals surface area contributed by atoms with Crippen LogP contribution in [0, 0.1) is 0 Å². The number of hydrogen-bond acceptors (Lipinski definition) is 4. The van der Waals surface area contributed by atoms with Gasteiger partial charge in [-0.15, -0.1) is 0 Å². The molecule has 0 saturated carbocycles. The van der Waals surface area contributed by atoms with Gasteiger partial charge in [-0.25, -0.2) is 4.79 Å². The van der Waals surface area contributed by atoms with Crippen LogP contribution in [-0.2, 0) is 0 Å². The first-order valence-electron chi connectivity index (χ1n) is 7.42. The summed E-state index contributed by atoms with van der Waals surface area (Å²) in [6.45, 7) is 0.961. The number of carbonyl (C=O) groups is 1. The average molecular weight is 349 g/mol. The van der Waals surface area contributed by atoms with E-state index in [0.29, 0.717) is 41.1 Å². The molecule has 0 spiro atoms. The zero-order valence-electron chi connectivity index (χ0n) is 13.1. The number of para-hydroxylation sites is 1. The van der Waals surface area contributed by atoms with Crippen molar-refractivity contribution >= 4 is 23.3 Å². The molecule has 0 bridgehead atoms. The first kappa shape index (κ1) is 16.3. The third kappa shape index (κ3) is 3.83. The molecule has 2 amide bonds. The number of anilines is 1. The maximum atomic E-state index is 12.2. The number of fused-ring (bicyclic) bond motifs is 1. The van der Waals surface area contributed by atoms with Crippen LogP contribution in [-0.4, -0.2) is 37.9 Å². The summed E-state index contributed by atoms with van der Waals surface area (Å²) in [7, 11) is 1.69. The van der Waals surface area contributed by atoms with Crippen molar-refractivity contribution in [2.24, 2.45) is 0 Å². The molecular weight excluding hydrogens is 332 g/mol. The summed E-state index contributed by atoms with van der Waals surface area (Å²) in [5, 5.41) is 3.35. The highest BCUT2D eigenvalue weighted by Crippen LogP contribution is 2.34. The second-order valence-electron chi connectivity index (χ2n) is 5.20. The molecule has 1 aliphatic rings. The van der Waals surface area contributed by atoms with E-state index in [1.54, 1.807) is 37.4 Å². The molecule has 0 aliphatic carbocycles. The van der Waals surface area contributed by atoms with E-state index in [4.69, 9.17) is 25.8 Å². The van der Waals surface area contributed by atoms with E-state index in [1.807, 2.05) is 12.1 Å². The van der Waals surface area contributed by atoms with E-state index >= 15 is 0 Å². The molecule has 0 aromatic heterocycles. The van der Waals surface area contributed by atoms with E-state index in [-0.39, 0.29) is 12.8 Å². The number of hydrogen-bond donors (Lipinski definition) is 1. The van der Waals surface area contributed by atoms with Crippen molar-refractivity contribution in [1.29, 1.82) is 0 Å². The van der Waals surface area contributed by atoms with Gasteiger partial charge in [0.15, 0.2) is 11.5 Å². The standard InChI is InChI=1S/C17H17ClN2O4/c1-20(8-9-22-14-5-3-2-4-13(14)18)17(21)19-12-6-7-15-16(10-12)24-11-23-15/h2-7,10H,8-9,11H2,1H3,(H,19,21). The summed E-state index contributed by atoms with van der Waals surface area (Å²) in [5.74, 6) is 1.90. The first-order chi connectivity index (χ1) is 11.6. The van der Waals surface area contributed by atoms with E-state index < -0.39 is 0 Å². The fourth-order valence-electron chi connectivity index (χ4n) is 2.15. The molecule has 0 atom stereocenters. The maximum Gasteiger partial charge on any atom is 0.321 e. The fourth-order valence-corrected chi connectivity index (χ4v) is 2.34. The largest absolute Gasteiger partial charge is 0.490 e. The van der Waals surface area contributed by atoms with E-state index in [0.717, 1.165) is 0 Å². The summed E-state index contributed by atoms with van der Waals surface area (Å²) in [5.41, 5.74) is 0.642. The van der Waals surface area contributed by atoms with Crippen LogP contribution in [0.5, 0.6) is 17.2 Å². The van der Waals surface area contributed by atoms with Gasteiger partial charge in [-0.2, -0.15) is 0 Å². The van der Waals surface area contributed by atoms with Gasteiger partial charge in [-0.3, -0.25) is 0 Å². The number of carbonyl (C=O) groups excluding carboxylic acids is 1. The molecule has 2 aromatic carbocycles. The predicted molar refractivity (Wildman–Crippen MR) is 91.2 cm³/mol. The number of likely N-dealkylation sites (N-methyl/N-ethyl adjacent to an activating group) is 1. The molecule has 1 aliphatic heterocycles. The van der Waals surface area contributed by atoms with Gasteiger partial charge >= 0.3 is 6.03 Å². The SMILES string of the molecule is CN(CCOc1ccccc1Cl)C(=O)Nc1ccc2c(c1)OCO2. The first-order valence-corrected chi connectivity index (χ1v) is 7.80. The smallest absolute Gasteiger partial charge is 0.321 e. The van der Waals surface area contributed by atoms with Crippen molar-refractivity contribution < 1.29 is 19.0 Å². The Balaban J connectivity index is 1.49. The molecule has 24 heavy (non-hydrogen) atoms. The molecule has 6 nitrogen and oxygen atoms in total. The Bertz CT molecular complexity index is 738. The lowest BCUT2D eigenvalue weighted by molar-refractivity contribution is 0.174. The molecule has 0 saturated heterocycles. The van der Waals surface area contributed by atoms with Gasteiger partial charge in [0.25, 0.3) is 0 Å². The van der Waals surface area contributed by atoms with Crippen LogP contribution in [0.1, 0.15) is 0 Å². The summed E-state index contributed by atoms with van der Waals surface area (Å²) >= 11 is 6.02. The quantitative estimate of drug-likeness (QED) is 0.896. The normalized spacial score (nSPS) is 11.9. The fraction of sp³-hybridized carbons (Fsp3) is 0.235. The Kier molecular flexibility index (Phi) is 4.96. The van der Waals surface area contributed by atoms with Gasteiger partial charge in [-0.05, 0) is 24.3 Å². The van der Waals surface area contributed by atoms with Crippen molar-refractivity contribution in [1.82, 2.24) is 4.90 Å². The maximum absolute atomic E-state index is 12.2. The Morgan fingerprint density at radius 1 is 1.25 bits per heavy atom. The minimum atomic E-state index is -0.239. The molecule has 2 aromatic rings. The van der Waals surface area contributed by atoms with E-state index in [1.165, 1.54) is 4.90 Å². The molecule has 0 radical (unpaired) electrons. The molecule has 1 heterocycles. The zero-order valence-corrected chi connectivity index (χ0v) is 13.9. The van der Waals surface area contributed by atoms with Crippen LogP contribution >= 0.6 is 11.6 Å². The number of rotatable bonds is 5. The van der Waals surface area contributed by atoms with Gasteiger partial charge in [-0.1, -0.05) is 23.7 Å². The Labute approximate surface area is 144 Å². The lowest BCUT2D eigenvalue weighted by Gasteiger charge is -2.18. The highest BCUT2D eigenvalue weighted by Gasteiger charge is 2.15. The van der Waals surface area contributed by atoms with E-state index in [2.05, 4.69) is 5.32 Å². The number of halogens is 1. The zero-order chi connectivity index (χ0) is 16.9. The number of urea groups is 1. The second-order valence-corrected chi connectivity index (χ2v) is 5.61. The lowest BCUT2D eigenvalue weighted by Crippen LogP contribution is -2.34. The Morgan fingerprint density at radius 2 is 2.04 bits per heavy atom.